The Morgan fingerprint density at radius 2 is 2.00 bits per heavy atom. The van der Waals surface area contributed by atoms with Crippen molar-refractivity contribution in [3.8, 4) is 5.75 Å². The topological polar surface area (TPSA) is 58.6 Å². The summed E-state index contributed by atoms with van der Waals surface area (Å²) in [6.45, 7) is 4.69. The normalized spacial score (nSPS) is 10.4. The van der Waals surface area contributed by atoms with Crippen molar-refractivity contribution in [2.24, 2.45) is 0 Å². The smallest absolute Gasteiger partial charge is 0.410 e. The number of aliphatic hydroxyl groups is 1. The highest BCUT2D eigenvalue weighted by molar-refractivity contribution is 5.70. The molecule has 0 saturated carbocycles. The van der Waals surface area contributed by atoms with Gasteiger partial charge in [0.05, 0.1) is 0 Å². The van der Waals surface area contributed by atoms with E-state index < -0.39 is 6.09 Å². The third-order valence-corrected chi connectivity index (χ3v) is 2.36. The molecule has 0 heterocycles. The second-order valence-corrected chi connectivity index (χ2v) is 4.12. The van der Waals surface area contributed by atoms with Crippen molar-refractivity contribution in [3.63, 3.8) is 0 Å². The van der Waals surface area contributed by atoms with Crippen LogP contribution in [-0.4, -0.2) is 24.4 Å². The van der Waals surface area contributed by atoms with Crippen LogP contribution >= 0.6 is 0 Å². The molecule has 1 aromatic rings. The first kappa shape index (κ1) is 13.5. The maximum atomic E-state index is 11.3. The van der Waals surface area contributed by atoms with E-state index in [9.17, 15) is 4.79 Å². The van der Waals surface area contributed by atoms with Gasteiger partial charge in [-0.05, 0) is 30.0 Å². The molecular formula is C13H19NO3. The van der Waals surface area contributed by atoms with E-state index in [0.29, 0.717) is 24.6 Å². The predicted molar refractivity (Wildman–Crippen MR) is 66.3 cm³/mol. The summed E-state index contributed by atoms with van der Waals surface area (Å²) < 4.78 is 5.06. The van der Waals surface area contributed by atoms with E-state index in [1.165, 1.54) is 5.56 Å². The van der Waals surface area contributed by atoms with Crippen LogP contribution in [0.5, 0.6) is 5.75 Å². The molecule has 2 N–H and O–H groups in total. The van der Waals surface area contributed by atoms with Crippen molar-refractivity contribution < 1.29 is 14.6 Å². The Bertz CT molecular complexity index is 346. The van der Waals surface area contributed by atoms with Gasteiger partial charge in [-0.25, -0.2) is 4.79 Å². The van der Waals surface area contributed by atoms with Gasteiger partial charge in [0.15, 0.2) is 0 Å². The van der Waals surface area contributed by atoms with E-state index in [4.69, 9.17) is 9.84 Å². The quantitative estimate of drug-likeness (QED) is 0.772. The molecule has 0 atom stereocenters. The lowest BCUT2D eigenvalue weighted by Gasteiger charge is -2.08. The monoisotopic (exact) mass is 237 g/mol. The van der Waals surface area contributed by atoms with Crippen molar-refractivity contribution in [2.45, 2.75) is 26.2 Å². The number of carbonyl (C=O) groups is 1. The maximum absolute atomic E-state index is 11.3. The number of amides is 1. The van der Waals surface area contributed by atoms with Gasteiger partial charge in [0.1, 0.15) is 5.75 Å². The van der Waals surface area contributed by atoms with Gasteiger partial charge >= 0.3 is 6.09 Å². The van der Waals surface area contributed by atoms with Gasteiger partial charge < -0.3 is 15.2 Å². The highest BCUT2D eigenvalue weighted by Crippen LogP contribution is 2.18. The third-order valence-electron chi connectivity index (χ3n) is 2.36. The van der Waals surface area contributed by atoms with E-state index in [-0.39, 0.29) is 6.61 Å². The summed E-state index contributed by atoms with van der Waals surface area (Å²) in [6.07, 6.45) is 0.0391. The fraction of sp³-hybridized carbons (Fsp3) is 0.462. The summed E-state index contributed by atoms with van der Waals surface area (Å²) in [5.41, 5.74) is 1.21. The fourth-order valence-corrected chi connectivity index (χ4v) is 1.33. The summed E-state index contributed by atoms with van der Waals surface area (Å²) in [7, 11) is 0. The van der Waals surface area contributed by atoms with Crippen LogP contribution in [0.1, 0.15) is 31.7 Å². The Kier molecular flexibility index (Phi) is 5.49. The summed E-state index contributed by atoms with van der Waals surface area (Å²) in [5.74, 6) is 0.985. The number of ether oxygens (including phenoxy) is 1. The minimum absolute atomic E-state index is 0.0589. The molecule has 0 bridgehead atoms. The minimum atomic E-state index is -0.490. The summed E-state index contributed by atoms with van der Waals surface area (Å²) in [6, 6.07) is 7.45. The molecule has 0 aromatic heterocycles. The number of hydrogen-bond acceptors (Lipinski definition) is 3. The molecule has 0 radical (unpaired) electrons. The second kappa shape index (κ2) is 6.91. The summed E-state index contributed by atoms with van der Waals surface area (Å²) >= 11 is 0. The van der Waals surface area contributed by atoms with Crippen LogP contribution < -0.4 is 10.1 Å². The highest BCUT2D eigenvalue weighted by atomic mass is 16.6. The number of rotatable bonds is 5. The van der Waals surface area contributed by atoms with E-state index in [0.717, 1.165) is 0 Å². The lowest BCUT2D eigenvalue weighted by molar-refractivity contribution is 0.199. The zero-order valence-electron chi connectivity index (χ0n) is 10.3. The van der Waals surface area contributed by atoms with Gasteiger partial charge in [-0.1, -0.05) is 26.0 Å². The third kappa shape index (κ3) is 4.87. The van der Waals surface area contributed by atoms with Gasteiger partial charge in [-0.2, -0.15) is 0 Å². The van der Waals surface area contributed by atoms with Crippen molar-refractivity contribution in [1.29, 1.82) is 0 Å². The Morgan fingerprint density at radius 3 is 2.53 bits per heavy atom. The lowest BCUT2D eigenvalue weighted by Crippen LogP contribution is -2.28. The number of hydrogen-bond donors (Lipinski definition) is 2. The van der Waals surface area contributed by atoms with Crippen LogP contribution in [0.15, 0.2) is 24.3 Å². The van der Waals surface area contributed by atoms with Gasteiger partial charge in [0.2, 0.25) is 0 Å². The van der Waals surface area contributed by atoms with Crippen LogP contribution in [0, 0.1) is 0 Å². The lowest BCUT2D eigenvalue weighted by atomic mass is 10.0. The number of aliphatic hydroxyl groups excluding tert-OH is 1. The van der Waals surface area contributed by atoms with E-state index >= 15 is 0 Å². The number of carbonyl (C=O) groups excluding carboxylic acids is 1. The maximum Gasteiger partial charge on any atom is 0.412 e. The van der Waals surface area contributed by atoms with Crippen molar-refractivity contribution >= 4 is 6.09 Å². The van der Waals surface area contributed by atoms with Crippen molar-refractivity contribution in [3.05, 3.63) is 29.8 Å². The minimum Gasteiger partial charge on any atom is -0.410 e. The van der Waals surface area contributed by atoms with E-state index in [1.54, 1.807) is 12.1 Å². The molecule has 0 fully saturated rings. The van der Waals surface area contributed by atoms with Gasteiger partial charge in [-0.3, -0.25) is 0 Å². The first-order chi connectivity index (χ1) is 8.13. The molecular weight excluding hydrogens is 218 g/mol. The average Bonchev–Trinajstić information content (AvgIpc) is 2.30. The summed E-state index contributed by atoms with van der Waals surface area (Å²) in [5, 5.41) is 11.1. The predicted octanol–water partition coefficient (Wildman–Crippen LogP) is 2.28. The zero-order chi connectivity index (χ0) is 12.7. The highest BCUT2D eigenvalue weighted by Gasteiger charge is 2.04. The zero-order valence-corrected chi connectivity index (χ0v) is 10.3. The van der Waals surface area contributed by atoms with Crippen LogP contribution in [0.3, 0.4) is 0 Å². The Morgan fingerprint density at radius 1 is 1.35 bits per heavy atom. The molecule has 1 aromatic carbocycles. The number of nitrogens with one attached hydrogen (secondary N) is 1. The molecule has 1 rings (SSSR count). The first-order valence-electron chi connectivity index (χ1n) is 5.80. The molecule has 4 nitrogen and oxygen atoms in total. The van der Waals surface area contributed by atoms with E-state index in [1.807, 2.05) is 12.1 Å². The second-order valence-electron chi connectivity index (χ2n) is 4.12. The molecule has 0 aliphatic carbocycles. The number of benzene rings is 1. The molecule has 0 spiro atoms. The molecule has 94 valence electrons. The standard InChI is InChI=1S/C13H19NO3/c1-10(2)11-4-6-12(7-5-11)17-13(16)14-8-3-9-15/h4-7,10,15H,3,8-9H2,1-2H3,(H,14,16). The van der Waals surface area contributed by atoms with Crippen molar-refractivity contribution in [1.82, 2.24) is 5.32 Å². The Labute approximate surface area is 102 Å². The van der Waals surface area contributed by atoms with E-state index in [2.05, 4.69) is 19.2 Å². The van der Waals surface area contributed by atoms with Crippen LogP contribution in [0.2, 0.25) is 0 Å². The van der Waals surface area contributed by atoms with Crippen LogP contribution in [-0.2, 0) is 0 Å². The van der Waals surface area contributed by atoms with Gasteiger partial charge in [-0.15, -0.1) is 0 Å². The fourth-order valence-electron chi connectivity index (χ4n) is 1.33. The average molecular weight is 237 g/mol. The molecule has 4 heteroatoms. The first-order valence-corrected chi connectivity index (χ1v) is 5.80. The van der Waals surface area contributed by atoms with Crippen molar-refractivity contribution in [2.75, 3.05) is 13.2 Å². The SMILES string of the molecule is CC(C)c1ccc(OC(=O)NCCCO)cc1. The van der Waals surface area contributed by atoms with Crippen LogP contribution in [0.25, 0.3) is 0 Å². The van der Waals surface area contributed by atoms with Crippen LogP contribution in [0.4, 0.5) is 4.79 Å². The molecule has 0 unspecified atom stereocenters. The molecule has 1 amide bonds. The Hall–Kier alpha value is -1.55. The summed E-state index contributed by atoms with van der Waals surface area (Å²) in [4.78, 5) is 11.3. The van der Waals surface area contributed by atoms with Gasteiger partial charge in [0.25, 0.3) is 0 Å². The Balaban J connectivity index is 2.43. The van der Waals surface area contributed by atoms with Gasteiger partial charge in [0, 0.05) is 13.2 Å². The molecule has 0 aliphatic heterocycles. The largest absolute Gasteiger partial charge is 0.412 e. The molecule has 0 aliphatic rings. The molecule has 17 heavy (non-hydrogen) atoms. The molecule has 0 saturated heterocycles.